The van der Waals surface area contributed by atoms with Crippen molar-refractivity contribution in [3.63, 3.8) is 0 Å². The summed E-state index contributed by atoms with van der Waals surface area (Å²) in [5.41, 5.74) is 0. The van der Waals surface area contributed by atoms with Crippen LogP contribution in [0.3, 0.4) is 0 Å². The van der Waals surface area contributed by atoms with Crippen LogP contribution in [0, 0.1) is 5.82 Å². The molecule has 3 nitrogen and oxygen atoms in total. The molecule has 2 rings (SSSR count). The molecule has 94 valence electrons. The van der Waals surface area contributed by atoms with E-state index in [2.05, 4.69) is 0 Å². The van der Waals surface area contributed by atoms with E-state index in [0.717, 1.165) is 25.0 Å². The van der Waals surface area contributed by atoms with Gasteiger partial charge in [-0.2, -0.15) is 4.31 Å². The van der Waals surface area contributed by atoms with Crippen molar-refractivity contribution >= 4 is 21.6 Å². The van der Waals surface area contributed by atoms with Crippen LogP contribution in [0.5, 0.6) is 0 Å². The Bertz CT molecular complexity index is 485. The Morgan fingerprint density at radius 1 is 1.29 bits per heavy atom. The van der Waals surface area contributed by atoms with Gasteiger partial charge in [0.2, 0.25) is 10.0 Å². The molecule has 1 saturated carbocycles. The number of alkyl halides is 1. The monoisotopic (exact) mass is 277 g/mol. The highest BCUT2D eigenvalue weighted by Gasteiger charge is 2.37. The average Bonchev–Trinajstić information content (AvgIpc) is 3.10. The van der Waals surface area contributed by atoms with Crippen LogP contribution in [0.1, 0.15) is 12.8 Å². The zero-order valence-electron chi connectivity index (χ0n) is 9.14. The van der Waals surface area contributed by atoms with Crippen LogP contribution in [-0.4, -0.2) is 31.2 Å². The molecule has 0 saturated heterocycles. The molecule has 0 unspecified atom stereocenters. The fourth-order valence-corrected chi connectivity index (χ4v) is 3.65. The van der Waals surface area contributed by atoms with Gasteiger partial charge in [-0.05, 0) is 37.1 Å². The summed E-state index contributed by atoms with van der Waals surface area (Å²) in [4.78, 5) is 0.121. The highest BCUT2D eigenvalue weighted by Crippen LogP contribution is 2.31. The highest BCUT2D eigenvalue weighted by atomic mass is 35.5. The Morgan fingerprint density at radius 3 is 2.35 bits per heavy atom. The summed E-state index contributed by atoms with van der Waals surface area (Å²) < 4.78 is 38.7. The van der Waals surface area contributed by atoms with E-state index in [4.69, 9.17) is 11.6 Å². The first-order valence-electron chi connectivity index (χ1n) is 5.39. The van der Waals surface area contributed by atoms with Crippen molar-refractivity contribution in [2.75, 3.05) is 12.4 Å². The molecule has 6 heteroatoms. The van der Waals surface area contributed by atoms with Crippen molar-refractivity contribution in [2.45, 2.75) is 23.8 Å². The van der Waals surface area contributed by atoms with E-state index in [1.165, 1.54) is 16.4 Å². The lowest BCUT2D eigenvalue weighted by Crippen LogP contribution is -2.34. The van der Waals surface area contributed by atoms with Crippen molar-refractivity contribution in [3.05, 3.63) is 30.1 Å². The minimum Gasteiger partial charge on any atom is -0.207 e. The second-order valence-corrected chi connectivity index (χ2v) is 6.26. The van der Waals surface area contributed by atoms with E-state index < -0.39 is 15.8 Å². The second-order valence-electron chi connectivity index (χ2n) is 3.99. The van der Waals surface area contributed by atoms with Gasteiger partial charge in [-0.25, -0.2) is 12.8 Å². The van der Waals surface area contributed by atoms with Gasteiger partial charge < -0.3 is 0 Å². The van der Waals surface area contributed by atoms with E-state index in [0.29, 0.717) is 6.54 Å². The van der Waals surface area contributed by atoms with Crippen LogP contribution in [-0.2, 0) is 10.0 Å². The zero-order valence-corrected chi connectivity index (χ0v) is 10.7. The predicted octanol–water partition coefficient (Wildman–Crippen LogP) is 2.22. The molecule has 0 amide bonds. The van der Waals surface area contributed by atoms with Crippen LogP contribution < -0.4 is 0 Å². The summed E-state index contributed by atoms with van der Waals surface area (Å²) in [5, 5.41) is 0. The van der Waals surface area contributed by atoms with E-state index >= 15 is 0 Å². The molecule has 0 N–H and O–H groups in total. The molecule has 0 aromatic heterocycles. The Labute approximate surface area is 105 Å². The molecule has 17 heavy (non-hydrogen) atoms. The van der Waals surface area contributed by atoms with Gasteiger partial charge in [0.15, 0.2) is 0 Å². The maximum atomic E-state index is 12.8. The Balaban J connectivity index is 2.30. The number of rotatable bonds is 5. The molecular formula is C11H13ClFNO2S. The third-order valence-corrected chi connectivity index (χ3v) is 4.81. The van der Waals surface area contributed by atoms with Crippen LogP contribution in [0.15, 0.2) is 29.2 Å². The van der Waals surface area contributed by atoms with Crippen molar-refractivity contribution in [2.24, 2.45) is 0 Å². The SMILES string of the molecule is O=S(=O)(c1ccc(F)cc1)N(CCCl)C1CC1. The van der Waals surface area contributed by atoms with Gasteiger partial charge in [-0.15, -0.1) is 11.6 Å². The topological polar surface area (TPSA) is 37.4 Å². The lowest BCUT2D eigenvalue weighted by atomic mass is 10.4. The molecule has 1 aromatic rings. The molecular weight excluding hydrogens is 265 g/mol. The molecule has 0 aliphatic heterocycles. The van der Waals surface area contributed by atoms with Crippen molar-refractivity contribution in [3.8, 4) is 0 Å². The quantitative estimate of drug-likeness (QED) is 0.774. The first-order valence-corrected chi connectivity index (χ1v) is 7.36. The molecule has 0 heterocycles. The summed E-state index contributed by atoms with van der Waals surface area (Å²) in [6.45, 7) is 0.298. The molecule has 0 atom stereocenters. The van der Waals surface area contributed by atoms with Gasteiger partial charge in [0.05, 0.1) is 4.90 Å². The number of hydrogen-bond acceptors (Lipinski definition) is 2. The number of sulfonamides is 1. The van der Waals surface area contributed by atoms with E-state index in [1.807, 2.05) is 0 Å². The Kier molecular flexibility index (Phi) is 3.70. The zero-order chi connectivity index (χ0) is 12.5. The molecule has 0 radical (unpaired) electrons. The fraction of sp³-hybridized carbons (Fsp3) is 0.455. The largest absolute Gasteiger partial charge is 0.243 e. The predicted molar refractivity (Wildman–Crippen MR) is 64.0 cm³/mol. The lowest BCUT2D eigenvalue weighted by molar-refractivity contribution is 0.422. The molecule has 1 aliphatic carbocycles. The van der Waals surface area contributed by atoms with Crippen molar-refractivity contribution < 1.29 is 12.8 Å². The third kappa shape index (κ3) is 2.78. The average molecular weight is 278 g/mol. The van der Waals surface area contributed by atoms with Gasteiger partial charge in [0, 0.05) is 18.5 Å². The number of halogens is 2. The highest BCUT2D eigenvalue weighted by molar-refractivity contribution is 7.89. The fourth-order valence-electron chi connectivity index (χ4n) is 1.69. The second kappa shape index (κ2) is 4.92. The summed E-state index contributed by atoms with van der Waals surface area (Å²) in [6.07, 6.45) is 1.74. The van der Waals surface area contributed by atoms with Crippen LogP contribution in [0.4, 0.5) is 4.39 Å². The third-order valence-electron chi connectivity index (χ3n) is 2.68. The molecule has 0 bridgehead atoms. The van der Waals surface area contributed by atoms with Gasteiger partial charge in [0.25, 0.3) is 0 Å². The lowest BCUT2D eigenvalue weighted by Gasteiger charge is -2.20. The number of benzene rings is 1. The number of hydrogen-bond donors (Lipinski definition) is 0. The summed E-state index contributed by atoms with van der Waals surface area (Å²) in [7, 11) is -3.53. The molecule has 1 aromatic carbocycles. The van der Waals surface area contributed by atoms with Crippen molar-refractivity contribution in [1.29, 1.82) is 0 Å². The van der Waals surface area contributed by atoms with E-state index in [9.17, 15) is 12.8 Å². The van der Waals surface area contributed by atoms with E-state index in [1.54, 1.807) is 0 Å². The minimum absolute atomic E-state index is 0.0591. The normalized spacial score (nSPS) is 16.4. The molecule has 1 fully saturated rings. The summed E-state index contributed by atoms with van der Waals surface area (Å²) in [6, 6.07) is 4.93. The minimum atomic E-state index is -3.53. The Morgan fingerprint density at radius 2 is 1.88 bits per heavy atom. The molecule has 1 aliphatic rings. The van der Waals surface area contributed by atoms with Gasteiger partial charge in [-0.1, -0.05) is 0 Å². The van der Waals surface area contributed by atoms with Gasteiger partial charge in [0.1, 0.15) is 5.82 Å². The van der Waals surface area contributed by atoms with Gasteiger partial charge in [-0.3, -0.25) is 0 Å². The first-order chi connectivity index (χ1) is 8.05. The first kappa shape index (κ1) is 12.8. The van der Waals surface area contributed by atoms with E-state index in [-0.39, 0.29) is 16.8 Å². The molecule has 0 spiro atoms. The Hall–Kier alpha value is -0.650. The number of nitrogens with zero attached hydrogens (tertiary/aromatic N) is 1. The maximum Gasteiger partial charge on any atom is 0.243 e. The smallest absolute Gasteiger partial charge is 0.207 e. The summed E-state index contributed by atoms with van der Waals surface area (Å²) in [5.74, 6) is -0.184. The summed E-state index contributed by atoms with van der Waals surface area (Å²) >= 11 is 5.62. The van der Waals surface area contributed by atoms with Gasteiger partial charge >= 0.3 is 0 Å². The van der Waals surface area contributed by atoms with Crippen molar-refractivity contribution in [1.82, 2.24) is 4.31 Å². The standard InChI is InChI=1S/C11H13ClFNO2S/c12-7-8-14(10-3-4-10)17(15,16)11-5-1-9(13)2-6-11/h1-2,5-6,10H,3-4,7-8H2. The van der Waals surface area contributed by atoms with Crippen LogP contribution in [0.25, 0.3) is 0 Å². The van der Waals surface area contributed by atoms with Crippen LogP contribution >= 0.6 is 11.6 Å². The van der Waals surface area contributed by atoms with Crippen LogP contribution in [0.2, 0.25) is 0 Å². The maximum absolute atomic E-state index is 12.8.